The Balaban J connectivity index is 0.918. The lowest BCUT2D eigenvalue weighted by molar-refractivity contribution is -0.155. The SMILES string of the molecule is CC1=C(/C=C/C(C)=C/C=C/C(C)=C/C=C/C=C(C)/C=C/C=C(C)/C=C/C2=C(C)C[C@@H](OC(=O)CCC(=O)OCCOCCOCCOCCOCCOCCOCCOCCOC(=O)CCC(=O)O[C@@H]3CC(C)=C(/C=C/C(C)=C/C=C/C(C)=C/C=C/C=C(C)/C=C/C=C(C)/C=C/C4=C(C)CCCC4(C)C)C(C)(C)C3)CC2(C)C)C(C)(C)CCC1. The molecule has 15 nitrogen and oxygen atoms in total. The van der Waals surface area contributed by atoms with Crippen LogP contribution < -0.4 is 0 Å². The Morgan fingerprint density at radius 1 is 0.286 bits per heavy atom. The fourth-order valence-corrected chi connectivity index (χ4v) is 14.9. The molecule has 656 valence electrons. The molecule has 0 N–H and O–H groups in total. The first-order valence-electron chi connectivity index (χ1n) is 43.4. The molecule has 0 unspecified atom stereocenters. The molecule has 2 atom stereocenters. The minimum atomic E-state index is -0.478. The van der Waals surface area contributed by atoms with Crippen LogP contribution in [0.2, 0.25) is 0 Å². The van der Waals surface area contributed by atoms with Gasteiger partial charge in [-0.25, -0.2) is 0 Å². The topological polar surface area (TPSA) is 170 Å². The highest BCUT2D eigenvalue weighted by molar-refractivity contribution is 5.78. The van der Waals surface area contributed by atoms with Crippen molar-refractivity contribution in [3.63, 3.8) is 0 Å². The number of rotatable bonds is 52. The minimum absolute atomic E-state index is 0.0498. The molecule has 0 saturated carbocycles. The van der Waals surface area contributed by atoms with Crippen molar-refractivity contribution in [1.82, 2.24) is 0 Å². The molecule has 0 aromatic heterocycles. The summed E-state index contributed by atoms with van der Waals surface area (Å²) in [5, 5.41) is 0. The van der Waals surface area contributed by atoms with Crippen LogP contribution >= 0.6 is 0 Å². The summed E-state index contributed by atoms with van der Waals surface area (Å²) in [6.07, 6.45) is 69.3. The average molecular weight is 1640 g/mol. The molecular formula is C104H150O15. The van der Waals surface area contributed by atoms with Gasteiger partial charge in [0.1, 0.15) is 25.4 Å². The Kier molecular flexibility index (Phi) is 49.6. The van der Waals surface area contributed by atoms with E-state index in [9.17, 15) is 19.2 Å². The third-order valence-corrected chi connectivity index (χ3v) is 21.5. The number of carbonyl (C=O) groups is 4. The number of carbonyl (C=O) groups excluding carboxylic acids is 4. The van der Waals surface area contributed by atoms with Crippen molar-refractivity contribution in [2.24, 2.45) is 21.7 Å². The Hall–Kier alpha value is -8.12. The van der Waals surface area contributed by atoms with Crippen LogP contribution in [-0.2, 0) is 71.3 Å². The normalized spacial score (nSPS) is 19.8. The second-order valence-corrected chi connectivity index (χ2v) is 34.6. The third-order valence-electron chi connectivity index (χ3n) is 21.5. The van der Waals surface area contributed by atoms with Gasteiger partial charge in [-0.2, -0.15) is 0 Å². The molecule has 0 amide bonds. The van der Waals surface area contributed by atoms with Crippen LogP contribution in [0.1, 0.15) is 228 Å². The van der Waals surface area contributed by atoms with Crippen LogP contribution in [-0.4, -0.2) is 142 Å². The summed E-state index contributed by atoms with van der Waals surface area (Å²) < 4.78 is 61.2. The Morgan fingerprint density at radius 2 is 0.504 bits per heavy atom. The highest BCUT2D eigenvalue weighted by Gasteiger charge is 2.36. The largest absolute Gasteiger partial charge is 0.463 e. The Labute approximate surface area is 718 Å². The van der Waals surface area contributed by atoms with Crippen molar-refractivity contribution in [1.29, 1.82) is 0 Å². The summed E-state index contributed by atoms with van der Waals surface area (Å²) in [6.45, 7) is 49.0. The second-order valence-electron chi connectivity index (χ2n) is 34.6. The van der Waals surface area contributed by atoms with Gasteiger partial charge in [0.05, 0.1) is 118 Å². The van der Waals surface area contributed by atoms with E-state index in [0.29, 0.717) is 105 Å². The minimum Gasteiger partial charge on any atom is -0.463 e. The molecule has 0 fully saturated rings. The molecule has 4 aliphatic carbocycles. The third kappa shape index (κ3) is 45.4. The predicted molar refractivity (Wildman–Crippen MR) is 489 cm³/mol. The molecule has 0 saturated heterocycles. The van der Waals surface area contributed by atoms with E-state index >= 15 is 0 Å². The first-order chi connectivity index (χ1) is 56.7. The van der Waals surface area contributed by atoms with Gasteiger partial charge in [-0.1, -0.05) is 292 Å². The molecular weight excluding hydrogens is 1490 g/mol. The van der Waals surface area contributed by atoms with Crippen LogP contribution in [0, 0.1) is 21.7 Å². The summed E-state index contributed by atoms with van der Waals surface area (Å²) >= 11 is 0. The maximum Gasteiger partial charge on any atom is 0.306 e. The number of esters is 4. The Bertz CT molecular complexity index is 3700. The first kappa shape index (κ1) is 103. The van der Waals surface area contributed by atoms with Crippen LogP contribution in [0.3, 0.4) is 0 Å². The van der Waals surface area contributed by atoms with Crippen molar-refractivity contribution in [2.45, 2.75) is 241 Å². The number of hydrogen-bond acceptors (Lipinski definition) is 15. The number of allylic oxidation sites excluding steroid dienone is 42. The van der Waals surface area contributed by atoms with E-state index in [-0.39, 0.29) is 86.0 Å². The van der Waals surface area contributed by atoms with E-state index in [1.54, 1.807) is 0 Å². The van der Waals surface area contributed by atoms with Gasteiger partial charge in [-0.05, 0) is 178 Å². The van der Waals surface area contributed by atoms with Crippen molar-refractivity contribution < 1.29 is 71.3 Å². The van der Waals surface area contributed by atoms with Crippen LogP contribution in [0.4, 0.5) is 0 Å². The summed E-state index contributed by atoms with van der Waals surface area (Å²) in [6, 6.07) is 0. The molecule has 0 aliphatic heterocycles. The fraction of sp³-hybridized carbons (Fsp3) is 0.538. The number of hydrogen-bond donors (Lipinski definition) is 0. The van der Waals surface area contributed by atoms with Gasteiger partial charge in [-0.3, -0.25) is 19.2 Å². The molecule has 119 heavy (non-hydrogen) atoms. The van der Waals surface area contributed by atoms with E-state index in [1.165, 1.54) is 105 Å². The predicted octanol–water partition coefficient (Wildman–Crippen LogP) is 24.0. The molecule has 15 heteroatoms. The molecule has 0 aromatic rings. The molecule has 0 heterocycles. The van der Waals surface area contributed by atoms with Crippen molar-refractivity contribution in [3.8, 4) is 0 Å². The second kappa shape index (κ2) is 57.2. The van der Waals surface area contributed by atoms with Crippen LogP contribution in [0.5, 0.6) is 0 Å². The lowest BCUT2D eigenvalue weighted by Gasteiger charge is -2.37. The van der Waals surface area contributed by atoms with Gasteiger partial charge in [0.15, 0.2) is 0 Å². The zero-order valence-electron chi connectivity index (χ0n) is 76.7. The maximum atomic E-state index is 12.8. The lowest BCUT2D eigenvalue weighted by atomic mass is 9.71. The van der Waals surface area contributed by atoms with Gasteiger partial charge < -0.3 is 52.1 Å². The zero-order chi connectivity index (χ0) is 87.5. The first-order valence-corrected chi connectivity index (χ1v) is 43.4. The van der Waals surface area contributed by atoms with Crippen molar-refractivity contribution >= 4 is 23.9 Å². The van der Waals surface area contributed by atoms with Crippen LogP contribution in [0.25, 0.3) is 0 Å². The zero-order valence-corrected chi connectivity index (χ0v) is 76.7. The van der Waals surface area contributed by atoms with E-state index in [0.717, 1.165) is 22.3 Å². The molecule has 4 rings (SSSR count). The summed E-state index contributed by atoms with van der Waals surface area (Å²) in [4.78, 5) is 50.5. The van der Waals surface area contributed by atoms with Gasteiger partial charge in [-0.15, -0.1) is 0 Å². The maximum absolute atomic E-state index is 12.8. The molecule has 4 aliphatic rings. The highest BCUT2D eigenvalue weighted by atomic mass is 16.6. The van der Waals surface area contributed by atoms with Crippen LogP contribution in [0.15, 0.2) is 259 Å². The smallest absolute Gasteiger partial charge is 0.306 e. The highest BCUT2D eigenvalue weighted by Crippen LogP contribution is 2.45. The lowest BCUT2D eigenvalue weighted by Crippen LogP contribution is -2.32. The van der Waals surface area contributed by atoms with Crippen molar-refractivity contribution in [3.05, 3.63) is 259 Å². The average Bonchev–Trinajstić information content (AvgIpc) is 0.812. The number of ether oxygens (including phenoxy) is 11. The van der Waals surface area contributed by atoms with E-state index < -0.39 is 23.9 Å². The summed E-state index contributed by atoms with van der Waals surface area (Å²) in [5.74, 6) is -1.77. The summed E-state index contributed by atoms with van der Waals surface area (Å²) in [5.41, 5.74) is 20.3. The molecule has 0 aromatic carbocycles. The molecule has 0 radical (unpaired) electrons. The summed E-state index contributed by atoms with van der Waals surface area (Å²) in [7, 11) is 0. The standard InChI is InChI=1S/C104H150O15/c1-79(35-25-39-83(5)45-49-93-87(9)43-29-57-101(93,13)14)31-21-23-33-81(3)37-27-41-85(7)47-51-95-89(11)75-91(77-103(95,17)18)118-99(107)55-53-97(105)116-73-71-114-69-67-112-65-63-110-61-59-109-60-62-111-64-66-113-68-70-115-72-74-117-98(106)54-56-100(108)119-92-76-90(12)96(104(19,20)78-92)52-48-86(8)42-28-38-82(4)34-24-22-32-80(2)36-26-40-84(6)46-50-94-88(10)44-30-58-102(94,15)16/h21-28,31-42,45-52,91-92H,29-30,43-44,53-78H2,1-20H3/b23-21+,24-22+,35-25+,36-26+,37-27+,38-28+,49-45+,50-46+,51-47+,52-48+,79-31+,80-32+,81-33+,82-34+,83-39+,84-40+,85-41+,86-42+/t91-,92-/m1/s1. The molecule has 0 bridgehead atoms. The van der Waals surface area contributed by atoms with E-state index in [1.807, 2.05) is 0 Å². The van der Waals surface area contributed by atoms with E-state index in [2.05, 4.69) is 309 Å². The van der Waals surface area contributed by atoms with Gasteiger partial charge >= 0.3 is 23.9 Å². The van der Waals surface area contributed by atoms with Gasteiger partial charge in [0.2, 0.25) is 0 Å². The van der Waals surface area contributed by atoms with Gasteiger partial charge in [0, 0.05) is 12.8 Å². The fourth-order valence-electron chi connectivity index (χ4n) is 14.9. The monoisotopic (exact) mass is 1640 g/mol. The Morgan fingerprint density at radius 3 is 0.748 bits per heavy atom. The van der Waals surface area contributed by atoms with E-state index in [4.69, 9.17) is 52.1 Å². The quantitative estimate of drug-likeness (QED) is 0.0244. The van der Waals surface area contributed by atoms with Crippen molar-refractivity contribution in [2.75, 3.05) is 106 Å². The molecule has 0 spiro atoms. The van der Waals surface area contributed by atoms with Gasteiger partial charge in [0.25, 0.3) is 0 Å².